The number of ketones is 1. The predicted octanol–water partition coefficient (Wildman–Crippen LogP) is 5.86. The number of fused-ring (bicyclic) bond motifs is 1. The van der Waals surface area contributed by atoms with E-state index < -0.39 is 17.7 Å². The zero-order valence-corrected chi connectivity index (χ0v) is 19.2. The lowest BCUT2D eigenvalue weighted by Crippen LogP contribution is -2.29. The minimum Gasteiger partial charge on any atom is -0.507 e. The Bertz CT molecular complexity index is 1350. The van der Waals surface area contributed by atoms with E-state index in [2.05, 4.69) is 0 Å². The molecule has 1 saturated heterocycles. The second-order valence-corrected chi connectivity index (χ2v) is 8.92. The van der Waals surface area contributed by atoms with Crippen molar-refractivity contribution in [3.63, 3.8) is 0 Å². The largest absolute Gasteiger partial charge is 0.507 e. The maximum atomic E-state index is 13.3. The maximum Gasteiger partial charge on any atom is 0.300 e. The van der Waals surface area contributed by atoms with E-state index >= 15 is 0 Å². The van der Waals surface area contributed by atoms with Gasteiger partial charge in [0.25, 0.3) is 11.7 Å². The number of ether oxygens (including phenoxy) is 1. The Kier molecular flexibility index (Phi) is 5.39. The highest BCUT2D eigenvalue weighted by Gasteiger charge is 2.47. The molecule has 33 heavy (non-hydrogen) atoms. The van der Waals surface area contributed by atoms with Crippen LogP contribution in [-0.4, -0.2) is 23.4 Å². The van der Waals surface area contributed by atoms with Crippen LogP contribution in [0.3, 0.4) is 0 Å². The summed E-state index contributed by atoms with van der Waals surface area (Å²) in [5.41, 5.74) is 3.51. The number of hydrogen-bond acceptors (Lipinski definition) is 4. The average molecular weight is 480 g/mol. The first kappa shape index (κ1) is 21.6. The van der Waals surface area contributed by atoms with E-state index in [1.807, 2.05) is 31.2 Å². The number of carbonyl (C=O) groups is 2. The molecule has 7 heteroatoms. The van der Waals surface area contributed by atoms with Crippen molar-refractivity contribution in [2.24, 2.45) is 0 Å². The van der Waals surface area contributed by atoms with Crippen LogP contribution in [0, 0.1) is 6.92 Å². The van der Waals surface area contributed by atoms with Crippen molar-refractivity contribution in [3.05, 3.63) is 98.5 Å². The Hall–Kier alpha value is -3.28. The SMILES string of the molecule is Cc1cccc(C2/C(=C(/O)c3ccc4c(c3)CCO4)C(=O)C(=O)N2c2ccc(Cl)c(Cl)c2)c1. The zero-order chi connectivity index (χ0) is 23.3. The first-order valence-corrected chi connectivity index (χ1v) is 11.2. The normalized spacial score (nSPS) is 19.0. The van der Waals surface area contributed by atoms with Gasteiger partial charge in [-0.3, -0.25) is 14.5 Å². The molecule has 0 bridgehead atoms. The van der Waals surface area contributed by atoms with Gasteiger partial charge in [0.15, 0.2) is 0 Å². The highest BCUT2D eigenvalue weighted by molar-refractivity contribution is 6.52. The molecule has 1 fully saturated rings. The van der Waals surface area contributed by atoms with Gasteiger partial charge in [0, 0.05) is 17.7 Å². The minimum atomic E-state index is -0.827. The van der Waals surface area contributed by atoms with Gasteiger partial charge in [0.1, 0.15) is 11.5 Å². The van der Waals surface area contributed by atoms with Gasteiger partial charge in [-0.25, -0.2) is 0 Å². The lowest BCUT2D eigenvalue weighted by Gasteiger charge is -2.26. The van der Waals surface area contributed by atoms with Crippen molar-refractivity contribution in [1.82, 2.24) is 0 Å². The quantitative estimate of drug-likeness (QED) is 0.290. The third kappa shape index (κ3) is 3.67. The molecule has 2 aliphatic rings. The fourth-order valence-corrected chi connectivity index (χ4v) is 4.67. The van der Waals surface area contributed by atoms with Gasteiger partial charge in [0.2, 0.25) is 0 Å². The van der Waals surface area contributed by atoms with Crippen LogP contribution in [0.1, 0.15) is 28.3 Å². The van der Waals surface area contributed by atoms with E-state index in [1.54, 1.807) is 36.4 Å². The lowest BCUT2D eigenvalue weighted by atomic mass is 9.93. The van der Waals surface area contributed by atoms with Crippen LogP contribution in [0.15, 0.2) is 66.2 Å². The summed E-state index contributed by atoms with van der Waals surface area (Å²) in [5, 5.41) is 11.9. The molecule has 2 aliphatic heterocycles. The Morgan fingerprint density at radius 2 is 1.85 bits per heavy atom. The van der Waals surface area contributed by atoms with Gasteiger partial charge in [-0.05, 0) is 54.4 Å². The third-order valence-corrected chi connectivity index (χ3v) is 6.69. The van der Waals surface area contributed by atoms with Crippen LogP contribution in [-0.2, 0) is 16.0 Å². The summed E-state index contributed by atoms with van der Waals surface area (Å²) in [4.78, 5) is 27.9. The molecule has 166 valence electrons. The zero-order valence-electron chi connectivity index (χ0n) is 17.6. The summed E-state index contributed by atoms with van der Waals surface area (Å²) in [6.07, 6.45) is 0.718. The number of aliphatic hydroxyl groups excluding tert-OH is 1. The summed E-state index contributed by atoms with van der Waals surface area (Å²) in [6.45, 7) is 2.50. The van der Waals surface area contributed by atoms with Gasteiger partial charge in [0.05, 0.1) is 28.3 Å². The summed E-state index contributed by atoms with van der Waals surface area (Å²) >= 11 is 12.3. The van der Waals surface area contributed by atoms with Gasteiger partial charge in [-0.15, -0.1) is 0 Å². The number of amides is 1. The Morgan fingerprint density at radius 3 is 2.61 bits per heavy atom. The number of hydrogen-bond donors (Lipinski definition) is 1. The monoisotopic (exact) mass is 479 g/mol. The summed E-state index contributed by atoms with van der Waals surface area (Å²) in [5.74, 6) is -0.970. The molecule has 2 heterocycles. The summed E-state index contributed by atoms with van der Waals surface area (Å²) < 4.78 is 5.55. The van der Waals surface area contributed by atoms with Crippen LogP contribution in [0.2, 0.25) is 10.0 Å². The van der Waals surface area contributed by atoms with Crippen molar-refractivity contribution in [2.75, 3.05) is 11.5 Å². The molecule has 0 aliphatic carbocycles. The second-order valence-electron chi connectivity index (χ2n) is 8.10. The van der Waals surface area contributed by atoms with E-state index in [-0.39, 0.29) is 16.4 Å². The molecule has 3 aromatic rings. The molecule has 0 aromatic heterocycles. The van der Waals surface area contributed by atoms with Crippen molar-refractivity contribution in [1.29, 1.82) is 0 Å². The summed E-state index contributed by atoms with van der Waals surface area (Å²) in [6, 6.07) is 16.7. The van der Waals surface area contributed by atoms with E-state index in [4.69, 9.17) is 27.9 Å². The number of halogens is 2. The number of benzene rings is 3. The van der Waals surface area contributed by atoms with Crippen LogP contribution < -0.4 is 9.64 Å². The Balaban J connectivity index is 1.72. The third-order valence-electron chi connectivity index (χ3n) is 5.95. The average Bonchev–Trinajstić information content (AvgIpc) is 3.37. The van der Waals surface area contributed by atoms with Crippen LogP contribution in [0.4, 0.5) is 5.69 Å². The molecular weight excluding hydrogens is 461 g/mol. The highest BCUT2D eigenvalue weighted by Crippen LogP contribution is 2.43. The van der Waals surface area contributed by atoms with Crippen molar-refractivity contribution < 1.29 is 19.4 Å². The number of nitrogens with zero attached hydrogens (tertiary/aromatic N) is 1. The molecule has 1 N–H and O–H groups in total. The molecule has 5 rings (SSSR count). The fraction of sp³-hybridized carbons (Fsp3) is 0.154. The molecule has 5 nitrogen and oxygen atoms in total. The van der Waals surface area contributed by atoms with Crippen molar-refractivity contribution >= 4 is 46.3 Å². The Morgan fingerprint density at radius 1 is 1.03 bits per heavy atom. The molecule has 0 radical (unpaired) electrons. The smallest absolute Gasteiger partial charge is 0.300 e. The van der Waals surface area contributed by atoms with E-state index in [0.717, 1.165) is 23.3 Å². The molecular formula is C26H19Cl2NO4. The second kappa shape index (κ2) is 8.25. The van der Waals surface area contributed by atoms with Crippen molar-refractivity contribution in [2.45, 2.75) is 19.4 Å². The van der Waals surface area contributed by atoms with Crippen LogP contribution in [0.25, 0.3) is 5.76 Å². The highest BCUT2D eigenvalue weighted by atomic mass is 35.5. The van der Waals surface area contributed by atoms with Gasteiger partial charge in [-0.2, -0.15) is 0 Å². The number of aryl methyl sites for hydroxylation is 1. The minimum absolute atomic E-state index is 0.0236. The van der Waals surface area contributed by atoms with Gasteiger partial charge >= 0.3 is 0 Å². The van der Waals surface area contributed by atoms with E-state index in [0.29, 0.717) is 28.4 Å². The number of carbonyl (C=O) groups excluding carboxylic acids is 2. The van der Waals surface area contributed by atoms with Gasteiger partial charge < -0.3 is 9.84 Å². The topological polar surface area (TPSA) is 66.8 Å². The number of aliphatic hydroxyl groups is 1. The van der Waals surface area contributed by atoms with Gasteiger partial charge in [-0.1, -0.05) is 53.0 Å². The first-order chi connectivity index (χ1) is 15.8. The molecule has 3 aromatic carbocycles. The van der Waals surface area contributed by atoms with E-state index in [9.17, 15) is 14.7 Å². The molecule has 1 amide bonds. The summed E-state index contributed by atoms with van der Waals surface area (Å²) in [7, 11) is 0. The number of anilines is 1. The maximum absolute atomic E-state index is 13.3. The predicted molar refractivity (Wildman–Crippen MR) is 128 cm³/mol. The molecule has 0 spiro atoms. The molecule has 1 unspecified atom stereocenters. The number of rotatable bonds is 3. The number of Topliss-reactive ketones (excluding diaryl/α,β-unsaturated/α-hetero) is 1. The van der Waals surface area contributed by atoms with Crippen LogP contribution in [0.5, 0.6) is 5.75 Å². The standard InChI is InChI=1S/C26H19Cl2NO4/c1-14-3-2-4-16(11-14)23-22(24(30)17-5-8-21-15(12-17)9-10-33-21)25(31)26(32)29(23)18-6-7-19(27)20(28)13-18/h2-8,11-13,23,30H,9-10H2,1H3/b24-22-. The fourth-order valence-electron chi connectivity index (χ4n) is 4.38. The van der Waals surface area contributed by atoms with Crippen molar-refractivity contribution in [3.8, 4) is 5.75 Å². The Labute approximate surface area is 200 Å². The first-order valence-electron chi connectivity index (χ1n) is 10.4. The molecule has 0 saturated carbocycles. The molecule has 1 atom stereocenters. The lowest BCUT2D eigenvalue weighted by molar-refractivity contribution is -0.132. The van der Waals surface area contributed by atoms with Crippen LogP contribution >= 0.6 is 23.2 Å². The van der Waals surface area contributed by atoms with E-state index in [1.165, 1.54) is 4.90 Å².